The van der Waals surface area contributed by atoms with Gasteiger partial charge in [-0.2, -0.15) is 0 Å². The Kier molecular flexibility index (Phi) is 4.40. The summed E-state index contributed by atoms with van der Waals surface area (Å²) in [6.45, 7) is 3.35. The van der Waals surface area contributed by atoms with Crippen molar-refractivity contribution < 1.29 is 4.74 Å². The minimum atomic E-state index is 0.270. The Balaban J connectivity index is 1.86. The van der Waals surface area contributed by atoms with Crippen molar-refractivity contribution in [2.24, 2.45) is 5.92 Å². The normalized spacial score (nSPS) is 26.9. The molecule has 0 aliphatic carbocycles. The van der Waals surface area contributed by atoms with Gasteiger partial charge in [0.25, 0.3) is 0 Å². The molecule has 2 atom stereocenters. The molecule has 0 saturated carbocycles. The lowest BCUT2D eigenvalue weighted by Gasteiger charge is -2.36. The highest BCUT2D eigenvalue weighted by Gasteiger charge is 2.29. The van der Waals surface area contributed by atoms with Crippen LogP contribution in [0.1, 0.15) is 38.2 Å². The van der Waals surface area contributed by atoms with Crippen LogP contribution in [0.4, 0.5) is 0 Å². The third-order valence-electron chi connectivity index (χ3n) is 3.76. The molecule has 2 unspecified atom stereocenters. The van der Waals surface area contributed by atoms with Crippen LogP contribution in [-0.4, -0.2) is 22.1 Å². The smallest absolute Gasteiger partial charge is 0.0488 e. The summed E-state index contributed by atoms with van der Waals surface area (Å²) in [4.78, 5) is 0. The van der Waals surface area contributed by atoms with Gasteiger partial charge in [0.15, 0.2) is 0 Å². The largest absolute Gasteiger partial charge is 0.380 e. The zero-order valence-corrected chi connectivity index (χ0v) is 13.1. The SMILES string of the molecule is CC(Cc1ccccc1)CC1([SiH3])CCCCO1. The lowest BCUT2D eigenvalue weighted by molar-refractivity contribution is -0.0308. The van der Waals surface area contributed by atoms with Gasteiger partial charge < -0.3 is 4.74 Å². The van der Waals surface area contributed by atoms with Crippen LogP contribution < -0.4 is 0 Å². The van der Waals surface area contributed by atoms with Crippen molar-refractivity contribution in [2.75, 3.05) is 6.61 Å². The molecule has 1 saturated heterocycles. The molecular weight excluding hydrogens is 224 g/mol. The first-order valence-electron chi connectivity index (χ1n) is 6.86. The molecule has 0 aromatic heterocycles. The molecule has 1 fully saturated rings. The van der Waals surface area contributed by atoms with Gasteiger partial charge in [0.2, 0.25) is 0 Å². The summed E-state index contributed by atoms with van der Waals surface area (Å²) in [6, 6.07) is 10.8. The number of benzene rings is 1. The summed E-state index contributed by atoms with van der Waals surface area (Å²) in [5.41, 5.74) is 1.46. The zero-order valence-electron chi connectivity index (χ0n) is 11.1. The van der Waals surface area contributed by atoms with Crippen LogP contribution >= 0.6 is 0 Å². The Morgan fingerprint density at radius 1 is 1.29 bits per heavy atom. The second kappa shape index (κ2) is 5.83. The van der Waals surface area contributed by atoms with E-state index in [1.807, 2.05) is 0 Å². The van der Waals surface area contributed by atoms with Crippen molar-refractivity contribution in [2.45, 2.75) is 44.3 Å². The summed E-state index contributed by atoms with van der Waals surface area (Å²) in [5, 5.41) is 0.270. The fourth-order valence-corrected chi connectivity index (χ4v) is 4.23. The Hall–Kier alpha value is -0.603. The van der Waals surface area contributed by atoms with Crippen LogP contribution in [0.3, 0.4) is 0 Å². The van der Waals surface area contributed by atoms with Gasteiger partial charge in [0.05, 0.1) is 0 Å². The minimum absolute atomic E-state index is 0.270. The van der Waals surface area contributed by atoms with Gasteiger partial charge in [0, 0.05) is 22.1 Å². The summed E-state index contributed by atoms with van der Waals surface area (Å²) < 4.78 is 6.04. The molecule has 94 valence electrons. The quantitative estimate of drug-likeness (QED) is 0.744. The molecule has 0 bridgehead atoms. The number of hydrogen-bond acceptors (Lipinski definition) is 1. The van der Waals surface area contributed by atoms with Gasteiger partial charge in [-0.1, -0.05) is 37.3 Å². The number of rotatable bonds is 4. The summed E-state index contributed by atoms with van der Waals surface area (Å²) >= 11 is 0. The van der Waals surface area contributed by atoms with Crippen LogP contribution in [0.2, 0.25) is 0 Å². The fraction of sp³-hybridized carbons (Fsp3) is 0.600. The van der Waals surface area contributed by atoms with E-state index >= 15 is 0 Å². The molecule has 1 aliphatic heterocycles. The second-order valence-electron chi connectivity index (χ2n) is 5.75. The molecule has 1 nitrogen and oxygen atoms in total. The maximum atomic E-state index is 6.04. The minimum Gasteiger partial charge on any atom is -0.380 e. The third-order valence-corrected chi connectivity index (χ3v) is 4.95. The van der Waals surface area contributed by atoms with Crippen molar-refractivity contribution in [1.29, 1.82) is 0 Å². The van der Waals surface area contributed by atoms with Crippen LogP contribution in [0, 0.1) is 5.92 Å². The monoisotopic (exact) mass is 248 g/mol. The first kappa shape index (κ1) is 12.8. The van der Waals surface area contributed by atoms with E-state index in [0.29, 0.717) is 0 Å². The van der Waals surface area contributed by atoms with Crippen LogP contribution in [0.25, 0.3) is 0 Å². The van der Waals surface area contributed by atoms with E-state index in [-0.39, 0.29) is 5.22 Å². The summed E-state index contributed by atoms with van der Waals surface area (Å²) in [7, 11) is 1.17. The van der Waals surface area contributed by atoms with E-state index in [9.17, 15) is 0 Å². The molecule has 2 heteroatoms. The van der Waals surface area contributed by atoms with Gasteiger partial charge in [-0.3, -0.25) is 0 Å². The van der Waals surface area contributed by atoms with Crippen LogP contribution in [-0.2, 0) is 11.2 Å². The van der Waals surface area contributed by atoms with Crippen molar-refractivity contribution in [1.82, 2.24) is 0 Å². The van der Waals surface area contributed by atoms with Gasteiger partial charge in [-0.25, -0.2) is 0 Å². The highest BCUT2D eigenvalue weighted by Crippen LogP contribution is 2.29. The molecule has 0 N–H and O–H groups in total. The maximum absolute atomic E-state index is 6.04. The molecule has 1 aromatic carbocycles. The number of ether oxygens (including phenoxy) is 1. The van der Waals surface area contributed by atoms with Crippen LogP contribution in [0.5, 0.6) is 0 Å². The lowest BCUT2D eigenvalue weighted by Crippen LogP contribution is -2.38. The Bertz CT molecular complexity index is 330. The first-order valence-corrected chi connectivity index (χ1v) is 7.86. The molecule has 0 spiro atoms. The molecule has 1 aliphatic rings. The predicted molar refractivity (Wildman–Crippen MR) is 76.4 cm³/mol. The van der Waals surface area contributed by atoms with E-state index < -0.39 is 0 Å². The molecule has 17 heavy (non-hydrogen) atoms. The average Bonchev–Trinajstić information content (AvgIpc) is 2.30. The van der Waals surface area contributed by atoms with E-state index in [1.54, 1.807) is 0 Å². The first-order chi connectivity index (χ1) is 8.18. The molecule has 1 aromatic rings. The topological polar surface area (TPSA) is 9.23 Å². The standard InChI is InChI=1S/C15H24OSi/c1-13(11-14-7-3-2-4-8-14)12-15(17)9-5-6-10-16-15/h2-4,7-8,13H,5-6,9-12H2,1,17H3. The number of hydrogen-bond donors (Lipinski definition) is 0. The van der Waals surface area contributed by atoms with Gasteiger partial charge in [0.1, 0.15) is 0 Å². The van der Waals surface area contributed by atoms with Gasteiger partial charge in [-0.05, 0) is 43.6 Å². The second-order valence-corrected chi connectivity index (χ2v) is 7.58. The Morgan fingerprint density at radius 3 is 2.71 bits per heavy atom. The van der Waals surface area contributed by atoms with E-state index in [4.69, 9.17) is 4.74 Å². The third kappa shape index (κ3) is 3.97. The highest BCUT2D eigenvalue weighted by atomic mass is 28.1. The van der Waals surface area contributed by atoms with Crippen molar-refractivity contribution in [3.63, 3.8) is 0 Å². The van der Waals surface area contributed by atoms with Crippen molar-refractivity contribution in [3.05, 3.63) is 35.9 Å². The fourth-order valence-electron chi connectivity index (χ4n) is 2.98. The lowest BCUT2D eigenvalue weighted by atomic mass is 9.92. The highest BCUT2D eigenvalue weighted by molar-refractivity contribution is 6.14. The molecule has 0 amide bonds. The molecule has 0 radical (unpaired) electrons. The molecule has 1 heterocycles. The Labute approximate surface area is 108 Å². The maximum Gasteiger partial charge on any atom is 0.0488 e. The summed E-state index contributed by atoms with van der Waals surface area (Å²) in [6.07, 6.45) is 6.35. The van der Waals surface area contributed by atoms with E-state index in [1.165, 1.54) is 47.9 Å². The average molecular weight is 248 g/mol. The van der Waals surface area contributed by atoms with E-state index in [2.05, 4.69) is 37.3 Å². The van der Waals surface area contributed by atoms with Crippen molar-refractivity contribution >= 4 is 10.2 Å². The molecular formula is C15H24OSi. The molecule has 2 rings (SSSR count). The predicted octanol–water partition coefficient (Wildman–Crippen LogP) is 2.52. The van der Waals surface area contributed by atoms with Gasteiger partial charge >= 0.3 is 0 Å². The van der Waals surface area contributed by atoms with Crippen LogP contribution in [0.15, 0.2) is 30.3 Å². The van der Waals surface area contributed by atoms with Gasteiger partial charge in [-0.15, -0.1) is 0 Å². The van der Waals surface area contributed by atoms with E-state index in [0.717, 1.165) is 12.5 Å². The zero-order chi connectivity index (χ0) is 12.1. The Morgan fingerprint density at radius 2 is 2.06 bits per heavy atom. The van der Waals surface area contributed by atoms with Crippen molar-refractivity contribution in [3.8, 4) is 0 Å². The summed E-state index contributed by atoms with van der Waals surface area (Å²) in [5.74, 6) is 0.730.